The summed E-state index contributed by atoms with van der Waals surface area (Å²) in [4.78, 5) is 14.0. The lowest BCUT2D eigenvalue weighted by atomic mass is 10.2. The molecule has 0 aliphatic rings. The third-order valence-corrected chi connectivity index (χ3v) is 2.83. The second kappa shape index (κ2) is 5.49. The minimum absolute atomic E-state index is 0.0763. The second-order valence-corrected chi connectivity index (χ2v) is 4.24. The van der Waals surface area contributed by atoms with Crippen LogP contribution in [0.5, 0.6) is 0 Å². The van der Waals surface area contributed by atoms with Crippen molar-refractivity contribution in [3.8, 4) is 0 Å². The number of benzene rings is 1. The molecule has 0 aliphatic carbocycles. The molecule has 0 unspecified atom stereocenters. The van der Waals surface area contributed by atoms with Crippen LogP contribution < -0.4 is 4.90 Å². The van der Waals surface area contributed by atoms with Gasteiger partial charge in [0.15, 0.2) is 0 Å². The van der Waals surface area contributed by atoms with Crippen LogP contribution in [0.1, 0.15) is 18.2 Å². The fourth-order valence-electron chi connectivity index (χ4n) is 1.94. The molecular weight excluding hydrogens is 226 g/mol. The molecule has 0 bridgehead atoms. The molecule has 2 aromatic rings. The van der Waals surface area contributed by atoms with E-state index in [9.17, 15) is 4.79 Å². The summed E-state index contributed by atoms with van der Waals surface area (Å²) < 4.78 is 0. The normalized spacial score (nSPS) is 10.3. The molecule has 1 heterocycles. The summed E-state index contributed by atoms with van der Waals surface area (Å²) >= 11 is 0. The third kappa shape index (κ3) is 2.77. The molecule has 0 radical (unpaired) electrons. The van der Waals surface area contributed by atoms with Crippen molar-refractivity contribution >= 4 is 11.6 Å². The van der Waals surface area contributed by atoms with E-state index >= 15 is 0 Å². The zero-order valence-electron chi connectivity index (χ0n) is 10.7. The number of aromatic nitrogens is 2. The number of rotatable bonds is 4. The fraction of sp³-hybridized carbons (Fsp3) is 0.286. The minimum atomic E-state index is 0.0763. The van der Waals surface area contributed by atoms with Crippen molar-refractivity contribution in [3.63, 3.8) is 0 Å². The van der Waals surface area contributed by atoms with Gasteiger partial charge in [0, 0.05) is 24.1 Å². The lowest BCUT2D eigenvalue weighted by molar-refractivity contribution is -0.118. The molecule has 1 N–H and O–H groups in total. The molecule has 0 saturated heterocycles. The second-order valence-electron chi connectivity index (χ2n) is 4.24. The number of nitrogens with one attached hydrogen (secondary N) is 1. The lowest BCUT2D eigenvalue weighted by Gasteiger charge is -2.21. The zero-order chi connectivity index (χ0) is 13.0. The van der Waals surface area contributed by atoms with E-state index < -0.39 is 0 Å². The van der Waals surface area contributed by atoms with Crippen LogP contribution in [0.25, 0.3) is 0 Å². The van der Waals surface area contributed by atoms with E-state index in [1.807, 2.05) is 44.2 Å². The first-order valence-corrected chi connectivity index (χ1v) is 6.06. The third-order valence-electron chi connectivity index (χ3n) is 2.83. The predicted octanol–water partition coefficient (Wildman–Crippen LogP) is 2.31. The van der Waals surface area contributed by atoms with Gasteiger partial charge in [-0.1, -0.05) is 12.1 Å². The Balaban J connectivity index is 2.15. The average Bonchev–Trinajstić information content (AvgIpc) is 2.83. The van der Waals surface area contributed by atoms with Crippen LogP contribution in [0, 0.1) is 6.92 Å². The van der Waals surface area contributed by atoms with Gasteiger partial charge < -0.3 is 4.90 Å². The number of anilines is 1. The summed E-state index contributed by atoms with van der Waals surface area (Å²) in [6.45, 7) is 4.67. The number of hydrogen-bond acceptors (Lipinski definition) is 2. The lowest BCUT2D eigenvalue weighted by Crippen LogP contribution is -2.32. The Bertz CT molecular complexity index is 520. The van der Waals surface area contributed by atoms with Gasteiger partial charge in [0.1, 0.15) is 0 Å². The van der Waals surface area contributed by atoms with Crippen LogP contribution in [0.4, 0.5) is 5.69 Å². The summed E-state index contributed by atoms with van der Waals surface area (Å²) in [6.07, 6.45) is 2.01. The minimum Gasteiger partial charge on any atom is -0.312 e. The highest BCUT2D eigenvalue weighted by Crippen LogP contribution is 2.16. The molecule has 0 spiro atoms. The van der Waals surface area contributed by atoms with Gasteiger partial charge in [-0.05, 0) is 37.6 Å². The summed E-state index contributed by atoms with van der Waals surface area (Å²) in [7, 11) is 0. The largest absolute Gasteiger partial charge is 0.312 e. The van der Waals surface area contributed by atoms with Gasteiger partial charge in [0.2, 0.25) is 5.91 Å². The Labute approximate surface area is 107 Å². The topological polar surface area (TPSA) is 49.0 Å². The monoisotopic (exact) mass is 243 g/mol. The van der Waals surface area contributed by atoms with Crippen LogP contribution in [-0.4, -0.2) is 22.6 Å². The van der Waals surface area contributed by atoms with Gasteiger partial charge in [-0.3, -0.25) is 9.89 Å². The predicted molar refractivity (Wildman–Crippen MR) is 71.5 cm³/mol. The maximum absolute atomic E-state index is 12.2. The first-order chi connectivity index (χ1) is 8.70. The van der Waals surface area contributed by atoms with Crippen molar-refractivity contribution < 1.29 is 4.79 Å². The fourth-order valence-corrected chi connectivity index (χ4v) is 1.94. The van der Waals surface area contributed by atoms with Crippen molar-refractivity contribution in [2.75, 3.05) is 11.4 Å². The first kappa shape index (κ1) is 12.4. The van der Waals surface area contributed by atoms with E-state index in [4.69, 9.17) is 0 Å². The van der Waals surface area contributed by atoms with Gasteiger partial charge in [0.25, 0.3) is 0 Å². The zero-order valence-corrected chi connectivity index (χ0v) is 10.7. The van der Waals surface area contributed by atoms with Gasteiger partial charge in [-0.2, -0.15) is 5.10 Å². The Morgan fingerprint density at radius 3 is 2.83 bits per heavy atom. The number of carbonyl (C=O) groups is 1. The number of aromatic amines is 1. The molecule has 0 aliphatic heterocycles. The molecule has 0 fully saturated rings. The van der Waals surface area contributed by atoms with Crippen molar-refractivity contribution in [2.45, 2.75) is 20.3 Å². The van der Waals surface area contributed by atoms with Crippen LogP contribution in [0.2, 0.25) is 0 Å². The molecule has 0 atom stereocenters. The van der Waals surface area contributed by atoms with E-state index in [1.54, 1.807) is 11.1 Å². The number of hydrogen-bond donors (Lipinski definition) is 1. The highest BCUT2D eigenvalue weighted by molar-refractivity contribution is 5.94. The Morgan fingerprint density at radius 1 is 1.39 bits per heavy atom. The highest BCUT2D eigenvalue weighted by atomic mass is 16.2. The van der Waals surface area contributed by atoms with E-state index in [0.717, 1.165) is 16.9 Å². The smallest absolute Gasteiger partial charge is 0.232 e. The molecule has 4 nitrogen and oxygen atoms in total. The average molecular weight is 243 g/mol. The standard InChI is InChI=1S/C14H17N3O/c1-3-17(13-6-4-5-11(2)9-13)14(18)10-12-7-8-15-16-12/h4-9H,3,10H2,1-2H3,(H,15,16). The molecule has 4 heteroatoms. The first-order valence-electron chi connectivity index (χ1n) is 6.06. The number of nitrogens with zero attached hydrogens (tertiary/aromatic N) is 2. The number of H-pyrrole nitrogens is 1. The summed E-state index contributed by atoms with van der Waals surface area (Å²) in [6, 6.07) is 9.80. The van der Waals surface area contributed by atoms with Gasteiger partial charge in [0.05, 0.1) is 6.42 Å². The molecule has 1 aromatic heterocycles. The molecule has 94 valence electrons. The summed E-state index contributed by atoms with van der Waals surface area (Å²) in [5, 5.41) is 6.66. The van der Waals surface area contributed by atoms with Gasteiger partial charge in [-0.15, -0.1) is 0 Å². The van der Waals surface area contributed by atoms with E-state index in [0.29, 0.717) is 13.0 Å². The Morgan fingerprint density at radius 2 is 2.22 bits per heavy atom. The molecular formula is C14H17N3O. The molecule has 1 amide bonds. The van der Waals surface area contributed by atoms with Crippen LogP contribution in [0.15, 0.2) is 36.5 Å². The molecule has 1 aromatic carbocycles. The van der Waals surface area contributed by atoms with Crippen molar-refractivity contribution in [1.29, 1.82) is 0 Å². The number of amides is 1. The van der Waals surface area contributed by atoms with E-state index in [1.165, 1.54) is 0 Å². The van der Waals surface area contributed by atoms with Crippen LogP contribution in [0.3, 0.4) is 0 Å². The quantitative estimate of drug-likeness (QED) is 0.895. The Hall–Kier alpha value is -2.10. The molecule has 0 saturated carbocycles. The van der Waals surface area contributed by atoms with Crippen molar-refractivity contribution in [3.05, 3.63) is 47.8 Å². The van der Waals surface area contributed by atoms with Crippen molar-refractivity contribution in [1.82, 2.24) is 10.2 Å². The SMILES string of the molecule is CCN(C(=O)Cc1ccn[nH]1)c1cccc(C)c1. The maximum atomic E-state index is 12.2. The summed E-state index contributed by atoms with van der Waals surface area (Å²) in [5.74, 6) is 0.0763. The molecule has 2 rings (SSSR count). The number of likely N-dealkylation sites (N-methyl/N-ethyl adjacent to an activating group) is 1. The number of aryl methyl sites for hydroxylation is 1. The van der Waals surface area contributed by atoms with Crippen LogP contribution >= 0.6 is 0 Å². The Kier molecular flexibility index (Phi) is 3.77. The van der Waals surface area contributed by atoms with E-state index in [2.05, 4.69) is 10.2 Å². The van der Waals surface area contributed by atoms with Crippen LogP contribution in [-0.2, 0) is 11.2 Å². The van der Waals surface area contributed by atoms with Gasteiger partial charge in [-0.25, -0.2) is 0 Å². The summed E-state index contributed by atoms with van der Waals surface area (Å²) in [5.41, 5.74) is 2.94. The van der Waals surface area contributed by atoms with Gasteiger partial charge >= 0.3 is 0 Å². The maximum Gasteiger partial charge on any atom is 0.232 e. The van der Waals surface area contributed by atoms with Crippen molar-refractivity contribution in [2.24, 2.45) is 0 Å². The number of carbonyl (C=O) groups excluding carboxylic acids is 1. The highest BCUT2D eigenvalue weighted by Gasteiger charge is 2.14. The van der Waals surface area contributed by atoms with E-state index in [-0.39, 0.29) is 5.91 Å². The molecule has 18 heavy (non-hydrogen) atoms.